The Bertz CT molecular complexity index is 593. The third kappa shape index (κ3) is 2.95. The van der Waals surface area contributed by atoms with Crippen LogP contribution in [0.5, 0.6) is 0 Å². The Labute approximate surface area is 102 Å². The van der Waals surface area contributed by atoms with Gasteiger partial charge in [0.1, 0.15) is 5.82 Å². The zero-order valence-corrected chi connectivity index (χ0v) is 9.29. The molecule has 6 nitrogen and oxygen atoms in total. The Hall–Kier alpha value is -1.59. The molecule has 2 N–H and O–H groups in total. The first-order chi connectivity index (χ1) is 9.63. The van der Waals surface area contributed by atoms with Crippen molar-refractivity contribution in [2.45, 2.75) is 45.9 Å². The van der Waals surface area contributed by atoms with Crippen molar-refractivity contribution in [3.05, 3.63) is 16.3 Å². The maximum atomic E-state index is 11.9. The molecule has 1 heterocycles. The predicted molar refractivity (Wildman–Crippen MR) is 60.6 cm³/mol. The SMILES string of the molecule is [2H]C([2H])([2H])C(c1nn(C(=O)NC(C)(C)C)c(=O)[nH]1)C([2H])([2H])[2H]. The van der Waals surface area contributed by atoms with E-state index in [2.05, 4.69) is 10.4 Å². The molecule has 0 unspecified atom stereocenters. The molecule has 0 aliphatic heterocycles. The zero-order valence-electron chi connectivity index (χ0n) is 15.3. The molecule has 16 heavy (non-hydrogen) atoms. The largest absolute Gasteiger partial charge is 0.352 e. The molecule has 1 aromatic heterocycles. The average Bonchev–Trinajstić information content (AvgIpc) is 2.52. The van der Waals surface area contributed by atoms with Gasteiger partial charge in [0.15, 0.2) is 0 Å². The van der Waals surface area contributed by atoms with Crippen LogP contribution in [-0.4, -0.2) is 26.3 Å². The van der Waals surface area contributed by atoms with Gasteiger partial charge in [-0.3, -0.25) is 4.98 Å². The van der Waals surface area contributed by atoms with E-state index in [9.17, 15) is 9.59 Å². The topological polar surface area (TPSA) is 79.8 Å². The van der Waals surface area contributed by atoms with E-state index in [1.54, 1.807) is 20.8 Å². The Balaban J connectivity index is 3.27. The van der Waals surface area contributed by atoms with Crippen molar-refractivity contribution >= 4 is 6.03 Å². The van der Waals surface area contributed by atoms with Gasteiger partial charge < -0.3 is 5.32 Å². The van der Waals surface area contributed by atoms with E-state index < -0.39 is 42.7 Å². The highest BCUT2D eigenvalue weighted by Crippen LogP contribution is 2.05. The first kappa shape index (κ1) is 6.22. The normalized spacial score (nSPS) is 19.0. The molecule has 0 saturated heterocycles. The van der Waals surface area contributed by atoms with Gasteiger partial charge in [0, 0.05) is 19.7 Å². The van der Waals surface area contributed by atoms with Crippen LogP contribution in [0.2, 0.25) is 0 Å². The van der Waals surface area contributed by atoms with E-state index in [-0.39, 0.29) is 0 Å². The summed E-state index contributed by atoms with van der Waals surface area (Å²) in [4.78, 5) is 25.7. The Morgan fingerprint density at radius 2 is 2.19 bits per heavy atom. The van der Waals surface area contributed by atoms with Gasteiger partial charge in [-0.1, -0.05) is 13.7 Å². The molecule has 6 heteroatoms. The summed E-state index contributed by atoms with van der Waals surface area (Å²) in [5.41, 5.74) is -1.65. The Morgan fingerprint density at radius 3 is 2.69 bits per heavy atom. The Kier molecular flexibility index (Phi) is 1.60. The van der Waals surface area contributed by atoms with Crippen LogP contribution < -0.4 is 11.0 Å². The van der Waals surface area contributed by atoms with E-state index in [0.29, 0.717) is 4.68 Å². The van der Waals surface area contributed by atoms with Crippen LogP contribution in [0.4, 0.5) is 4.79 Å². The first-order valence-electron chi connectivity index (χ1n) is 7.65. The number of nitrogens with zero attached hydrogens (tertiary/aromatic N) is 2. The van der Waals surface area contributed by atoms with Gasteiger partial charge in [-0.15, -0.1) is 9.78 Å². The molecule has 0 atom stereocenters. The fraction of sp³-hybridized carbons (Fsp3) is 0.700. The van der Waals surface area contributed by atoms with Crippen molar-refractivity contribution in [2.75, 3.05) is 0 Å². The molecule has 1 aromatic rings. The van der Waals surface area contributed by atoms with Gasteiger partial charge in [-0.25, -0.2) is 9.59 Å². The number of aromatic nitrogens is 3. The van der Waals surface area contributed by atoms with Crippen LogP contribution in [0.1, 0.15) is 54.4 Å². The summed E-state index contributed by atoms with van der Waals surface area (Å²) in [6, 6.07) is -0.880. The molecular weight excluding hydrogens is 208 g/mol. The van der Waals surface area contributed by atoms with E-state index in [1.165, 1.54) is 0 Å². The quantitative estimate of drug-likeness (QED) is 0.759. The summed E-state index contributed by atoms with van der Waals surface area (Å²) >= 11 is 0. The van der Waals surface area contributed by atoms with Crippen molar-refractivity contribution < 1.29 is 13.0 Å². The highest BCUT2D eigenvalue weighted by atomic mass is 16.2. The third-order valence-electron chi connectivity index (χ3n) is 1.58. The summed E-state index contributed by atoms with van der Waals surface area (Å²) in [7, 11) is 0. The number of amides is 1. The number of hydrogen-bond acceptors (Lipinski definition) is 3. The number of hydrogen-bond donors (Lipinski definition) is 2. The van der Waals surface area contributed by atoms with E-state index in [0.717, 1.165) is 0 Å². The van der Waals surface area contributed by atoms with Crippen molar-refractivity contribution in [2.24, 2.45) is 0 Å². The molecule has 0 bridgehead atoms. The lowest BCUT2D eigenvalue weighted by molar-refractivity contribution is 0.229. The van der Waals surface area contributed by atoms with Crippen LogP contribution >= 0.6 is 0 Å². The highest BCUT2D eigenvalue weighted by molar-refractivity contribution is 5.76. The molecule has 0 aliphatic rings. The number of nitrogens with one attached hydrogen (secondary N) is 2. The molecule has 1 amide bonds. The van der Waals surface area contributed by atoms with Gasteiger partial charge >= 0.3 is 11.7 Å². The first-order valence-corrected chi connectivity index (χ1v) is 4.65. The summed E-state index contributed by atoms with van der Waals surface area (Å²) in [6.07, 6.45) is 0. The molecule has 0 saturated carbocycles. The van der Waals surface area contributed by atoms with Crippen LogP contribution in [0, 0.1) is 0 Å². The van der Waals surface area contributed by atoms with Gasteiger partial charge in [0.05, 0.1) is 0 Å². The lowest BCUT2D eigenvalue weighted by Crippen LogP contribution is -2.46. The summed E-state index contributed by atoms with van der Waals surface area (Å²) in [6.45, 7) is -0.784. The number of H-pyrrole nitrogens is 1. The summed E-state index contributed by atoms with van der Waals surface area (Å²) in [5, 5.41) is 6.01. The number of rotatable bonds is 1. The maximum absolute atomic E-state index is 11.9. The summed E-state index contributed by atoms with van der Waals surface area (Å²) < 4.78 is 44.3. The fourth-order valence-corrected chi connectivity index (χ4v) is 0.982. The molecule has 1 rings (SSSR count). The van der Waals surface area contributed by atoms with Crippen LogP contribution in [0.3, 0.4) is 0 Å². The van der Waals surface area contributed by atoms with E-state index in [4.69, 9.17) is 8.22 Å². The van der Waals surface area contributed by atoms with E-state index >= 15 is 0 Å². The van der Waals surface area contributed by atoms with Crippen molar-refractivity contribution in [1.29, 1.82) is 0 Å². The lowest BCUT2D eigenvalue weighted by atomic mass is 10.1. The average molecular weight is 232 g/mol. The van der Waals surface area contributed by atoms with Gasteiger partial charge in [0.2, 0.25) is 0 Å². The molecule has 90 valence electrons. The number of aromatic amines is 1. The van der Waals surface area contributed by atoms with Crippen LogP contribution in [0.25, 0.3) is 0 Å². The molecule has 0 fully saturated rings. The minimum absolute atomic E-state index is 0.380. The molecule has 0 aromatic carbocycles. The highest BCUT2D eigenvalue weighted by Gasteiger charge is 2.19. The third-order valence-corrected chi connectivity index (χ3v) is 1.58. The lowest BCUT2D eigenvalue weighted by Gasteiger charge is -2.19. The standard InChI is InChI=1S/C10H18N4O2/c1-6(2)7-11-8(15)14(13-7)9(16)12-10(3,4)5/h6H,1-5H3,(H,12,16)(H,11,13,15)/i1D3,2D3. The fourth-order valence-electron chi connectivity index (χ4n) is 0.982. The van der Waals surface area contributed by atoms with Crippen molar-refractivity contribution in [3.63, 3.8) is 0 Å². The molecule has 0 radical (unpaired) electrons. The van der Waals surface area contributed by atoms with Crippen LogP contribution in [-0.2, 0) is 0 Å². The Morgan fingerprint density at radius 1 is 1.56 bits per heavy atom. The minimum atomic E-state index is -2.91. The maximum Gasteiger partial charge on any atom is 0.352 e. The monoisotopic (exact) mass is 232 g/mol. The number of carbonyl (C=O) groups is 1. The number of carbonyl (C=O) groups excluding carboxylic acids is 1. The van der Waals surface area contributed by atoms with Gasteiger partial charge in [-0.2, -0.15) is 0 Å². The van der Waals surface area contributed by atoms with Gasteiger partial charge in [-0.05, 0) is 20.8 Å². The van der Waals surface area contributed by atoms with E-state index in [1.807, 2.05) is 4.98 Å². The summed E-state index contributed by atoms with van der Waals surface area (Å²) in [5.74, 6) is -2.56. The second kappa shape index (κ2) is 4.11. The molecule has 0 spiro atoms. The van der Waals surface area contributed by atoms with Crippen molar-refractivity contribution in [3.8, 4) is 0 Å². The molecule has 0 aliphatic carbocycles. The van der Waals surface area contributed by atoms with Crippen molar-refractivity contribution in [1.82, 2.24) is 20.1 Å². The minimum Gasteiger partial charge on any atom is -0.331 e. The second-order valence-electron chi connectivity index (χ2n) is 4.34. The predicted octanol–water partition coefficient (Wildman–Crippen LogP) is 1.05. The zero-order chi connectivity index (χ0) is 17.5. The van der Waals surface area contributed by atoms with Crippen LogP contribution in [0.15, 0.2) is 4.79 Å². The smallest absolute Gasteiger partial charge is 0.331 e. The second-order valence-corrected chi connectivity index (χ2v) is 4.34. The molecular formula is C10H18N4O2. The van der Waals surface area contributed by atoms with Gasteiger partial charge in [0.25, 0.3) is 0 Å².